The Morgan fingerprint density at radius 1 is 1.29 bits per heavy atom. The first-order valence-corrected chi connectivity index (χ1v) is 4.43. The predicted molar refractivity (Wildman–Crippen MR) is 54.7 cm³/mol. The highest BCUT2D eigenvalue weighted by atomic mass is 16.5. The van der Waals surface area contributed by atoms with Crippen LogP contribution in [0.5, 0.6) is 0 Å². The second-order valence-electron chi connectivity index (χ2n) is 2.99. The summed E-state index contributed by atoms with van der Waals surface area (Å²) >= 11 is 0. The Labute approximate surface area is 84.7 Å². The minimum absolute atomic E-state index is 0.0592. The first kappa shape index (κ1) is 10.9. The lowest BCUT2D eigenvalue weighted by atomic mass is 9.94. The summed E-state index contributed by atoms with van der Waals surface area (Å²) in [7, 11) is 4.91. The number of rotatable bonds is 4. The smallest absolute Gasteiger partial charge is 0.120 e. The van der Waals surface area contributed by atoms with Crippen LogP contribution in [0.25, 0.3) is 0 Å². The van der Waals surface area contributed by atoms with Gasteiger partial charge in [0.25, 0.3) is 0 Å². The third kappa shape index (κ3) is 1.99. The lowest BCUT2D eigenvalue weighted by Crippen LogP contribution is -2.25. The van der Waals surface area contributed by atoms with Crippen molar-refractivity contribution in [3.05, 3.63) is 36.3 Å². The Balaban J connectivity index is 2.95. The Hall–Kier alpha value is -1.22. The van der Waals surface area contributed by atoms with Gasteiger partial charge in [0.2, 0.25) is 0 Å². The first-order chi connectivity index (χ1) is 6.76. The summed E-state index contributed by atoms with van der Waals surface area (Å²) in [6.07, 6.45) is 5.51. The topological polar surface area (TPSA) is 27.7 Å². The van der Waals surface area contributed by atoms with E-state index in [9.17, 15) is 0 Å². The van der Waals surface area contributed by atoms with Gasteiger partial charge in [-0.2, -0.15) is 0 Å². The summed E-state index contributed by atoms with van der Waals surface area (Å²) in [5.41, 5.74) is 0. The van der Waals surface area contributed by atoms with Gasteiger partial charge in [0.1, 0.15) is 11.5 Å². The van der Waals surface area contributed by atoms with E-state index in [1.165, 1.54) is 0 Å². The van der Waals surface area contributed by atoms with Crippen LogP contribution in [0.3, 0.4) is 0 Å². The van der Waals surface area contributed by atoms with Gasteiger partial charge in [0.05, 0.1) is 26.2 Å². The number of hydrogen-bond donors (Lipinski definition) is 0. The van der Waals surface area contributed by atoms with Gasteiger partial charge < -0.3 is 14.2 Å². The fraction of sp³-hybridized carbons (Fsp3) is 0.455. The maximum absolute atomic E-state index is 5.31. The van der Waals surface area contributed by atoms with E-state index in [1.807, 2.05) is 18.2 Å². The maximum atomic E-state index is 5.31. The molecule has 0 N–H and O–H groups in total. The molecular weight excluding hydrogens is 180 g/mol. The molecule has 0 bridgehead atoms. The molecule has 0 fully saturated rings. The van der Waals surface area contributed by atoms with Crippen molar-refractivity contribution < 1.29 is 14.2 Å². The molecule has 1 aliphatic rings. The van der Waals surface area contributed by atoms with Gasteiger partial charge in [0, 0.05) is 13.2 Å². The highest BCUT2D eigenvalue weighted by Crippen LogP contribution is 2.27. The second kappa shape index (κ2) is 4.86. The molecule has 3 heteroatoms. The monoisotopic (exact) mass is 196 g/mol. The van der Waals surface area contributed by atoms with E-state index in [2.05, 4.69) is 6.58 Å². The van der Waals surface area contributed by atoms with Crippen molar-refractivity contribution >= 4 is 0 Å². The van der Waals surface area contributed by atoms with Crippen molar-refractivity contribution in [2.45, 2.75) is 6.10 Å². The zero-order valence-corrected chi connectivity index (χ0v) is 8.82. The van der Waals surface area contributed by atoms with Crippen LogP contribution in [0.1, 0.15) is 0 Å². The fourth-order valence-electron chi connectivity index (χ4n) is 1.50. The Morgan fingerprint density at radius 2 is 2.00 bits per heavy atom. The van der Waals surface area contributed by atoms with Gasteiger partial charge in [-0.25, -0.2) is 0 Å². The third-order valence-electron chi connectivity index (χ3n) is 2.29. The van der Waals surface area contributed by atoms with Crippen molar-refractivity contribution in [2.24, 2.45) is 5.92 Å². The van der Waals surface area contributed by atoms with E-state index in [1.54, 1.807) is 21.3 Å². The van der Waals surface area contributed by atoms with Gasteiger partial charge in [-0.1, -0.05) is 6.08 Å². The predicted octanol–water partition coefficient (Wildman–Crippen LogP) is 1.88. The van der Waals surface area contributed by atoms with E-state index in [4.69, 9.17) is 14.2 Å². The molecule has 0 aromatic carbocycles. The van der Waals surface area contributed by atoms with E-state index >= 15 is 0 Å². The van der Waals surface area contributed by atoms with Gasteiger partial charge in [-0.3, -0.25) is 0 Å². The minimum atomic E-state index is -0.0672. The SMILES string of the molecule is C=CC1C(OC)=CC(OC)=CC1OC. The molecule has 1 aliphatic carbocycles. The largest absolute Gasteiger partial charge is 0.500 e. The summed E-state index contributed by atoms with van der Waals surface area (Å²) in [4.78, 5) is 0. The molecule has 14 heavy (non-hydrogen) atoms. The summed E-state index contributed by atoms with van der Waals surface area (Å²) in [5, 5.41) is 0. The van der Waals surface area contributed by atoms with Crippen molar-refractivity contribution in [1.29, 1.82) is 0 Å². The van der Waals surface area contributed by atoms with Crippen molar-refractivity contribution in [3.8, 4) is 0 Å². The molecule has 0 aliphatic heterocycles. The normalized spacial score (nSPS) is 26.2. The summed E-state index contributed by atoms with van der Waals surface area (Å²) in [5.74, 6) is 1.63. The van der Waals surface area contributed by atoms with E-state index in [0.717, 1.165) is 11.5 Å². The molecule has 0 spiro atoms. The van der Waals surface area contributed by atoms with Crippen LogP contribution < -0.4 is 0 Å². The van der Waals surface area contributed by atoms with Crippen molar-refractivity contribution in [1.82, 2.24) is 0 Å². The fourth-order valence-corrected chi connectivity index (χ4v) is 1.50. The summed E-state index contributed by atoms with van der Waals surface area (Å²) < 4.78 is 15.7. The van der Waals surface area contributed by atoms with Gasteiger partial charge in [-0.15, -0.1) is 6.58 Å². The van der Waals surface area contributed by atoms with Crippen molar-refractivity contribution in [3.63, 3.8) is 0 Å². The van der Waals surface area contributed by atoms with Crippen LogP contribution in [0, 0.1) is 5.92 Å². The average Bonchev–Trinajstić information content (AvgIpc) is 2.26. The molecule has 0 aromatic heterocycles. The molecule has 0 saturated heterocycles. The van der Waals surface area contributed by atoms with Gasteiger partial charge in [0.15, 0.2) is 0 Å². The molecule has 0 saturated carbocycles. The molecular formula is C11H16O3. The van der Waals surface area contributed by atoms with Crippen LogP contribution in [0.15, 0.2) is 36.3 Å². The van der Waals surface area contributed by atoms with Crippen molar-refractivity contribution in [2.75, 3.05) is 21.3 Å². The third-order valence-corrected chi connectivity index (χ3v) is 2.29. The zero-order valence-electron chi connectivity index (χ0n) is 8.82. The summed E-state index contributed by atoms with van der Waals surface area (Å²) in [6.45, 7) is 3.76. The first-order valence-electron chi connectivity index (χ1n) is 4.43. The highest BCUT2D eigenvalue weighted by Gasteiger charge is 2.26. The Morgan fingerprint density at radius 3 is 2.43 bits per heavy atom. The molecule has 2 atom stereocenters. The summed E-state index contributed by atoms with van der Waals surface area (Å²) in [6, 6.07) is 0. The molecule has 3 nitrogen and oxygen atoms in total. The maximum Gasteiger partial charge on any atom is 0.120 e. The minimum Gasteiger partial charge on any atom is -0.500 e. The molecule has 0 amide bonds. The molecule has 2 unspecified atom stereocenters. The molecule has 1 rings (SSSR count). The van der Waals surface area contributed by atoms with E-state index in [0.29, 0.717) is 0 Å². The van der Waals surface area contributed by atoms with Gasteiger partial charge >= 0.3 is 0 Å². The highest BCUT2D eigenvalue weighted by molar-refractivity contribution is 5.28. The lowest BCUT2D eigenvalue weighted by Gasteiger charge is -2.26. The average molecular weight is 196 g/mol. The van der Waals surface area contributed by atoms with Crippen LogP contribution in [-0.4, -0.2) is 27.4 Å². The van der Waals surface area contributed by atoms with E-state index < -0.39 is 0 Å². The molecule has 0 heterocycles. The zero-order chi connectivity index (χ0) is 10.6. The number of ether oxygens (including phenoxy) is 3. The number of hydrogen-bond acceptors (Lipinski definition) is 3. The van der Waals surface area contributed by atoms with Crippen LogP contribution >= 0.6 is 0 Å². The Kier molecular flexibility index (Phi) is 3.77. The van der Waals surface area contributed by atoms with E-state index in [-0.39, 0.29) is 12.0 Å². The quantitative estimate of drug-likeness (QED) is 0.642. The van der Waals surface area contributed by atoms with Crippen LogP contribution in [-0.2, 0) is 14.2 Å². The molecule has 0 radical (unpaired) electrons. The molecule has 0 aromatic rings. The lowest BCUT2D eigenvalue weighted by molar-refractivity contribution is 0.0863. The molecule has 78 valence electrons. The number of allylic oxidation sites excluding steroid dienone is 1. The second-order valence-corrected chi connectivity index (χ2v) is 2.99. The van der Waals surface area contributed by atoms with Gasteiger partial charge in [-0.05, 0) is 6.08 Å². The number of methoxy groups -OCH3 is 3. The Bertz CT molecular complexity index is 266. The standard InChI is InChI=1S/C11H16O3/c1-5-9-10(13-3)6-8(12-2)7-11(9)14-4/h5-7,9-10H,1H2,2-4H3. The van der Waals surface area contributed by atoms with Crippen LogP contribution in [0.2, 0.25) is 0 Å². The van der Waals surface area contributed by atoms with Crippen LogP contribution in [0.4, 0.5) is 0 Å².